The van der Waals surface area contributed by atoms with Crippen molar-refractivity contribution in [3.8, 4) is 0 Å². The van der Waals surface area contributed by atoms with Gasteiger partial charge in [0.1, 0.15) is 11.9 Å². The molecule has 0 aromatic heterocycles. The minimum absolute atomic E-state index is 0.0305. The van der Waals surface area contributed by atoms with Crippen LogP contribution in [0.2, 0.25) is 5.02 Å². The van der Waals surface area contributed by atoms with Crippen LogP contribution in [-0.4, -0.2) is 50.5 Å². The van der Waals surface area contributed by atoms with Gasteiger partial charge in [0.05, 0.1) is 11.9 Å². The Morgan fingerprint density at radius 2 is 1.77 bits per heavy atom. The first-order valence-electron chi connectivity index (χ1n) is 11.5. The van der Waals surface area contributed by atoms with E-state index in [9.17, 15) is 22.4 Å². The van der Waals surface area contributed by atoms with Crippen LogP contribution in [0.1, 0.15) is 44.2 Å². The van der Waals surface area contributed by atoms with E-state index in [2.05, 4.69) is 5.32 Å². The van der Waals surface area contributed by atoms with Crippen LogP contribution in [0.25, 0.3) is 0 Å². The van der Waals surface area contributed by atoms with E-state index >= 15 is 0 Å². The second-order valence-corrected chi connectivity index (χ2v) is 10.6. The molecule has 1 N–H and O–H groups in total. The molecule has 192 valence electrons. The highest BCUT2D eigenvalue weighted by Crippen LogP contribution is 2.28. The fourth-order valence-corrected chi connectivity index (χ4v) is 5.03. The van der Waals surface area contributed by atoms with Crippen LogP contribution in [0, 0.1) is 12.7 Å². The lowest BCUT2D eigenvalue weighted by atomic mass is 10.1. The lowest BCUT2D eigenvalue weighted by molar-refractivity contribution is -0.141. The van der Waals surface area contributed by atoms with Gasteiger partial charge in [-0.1, -0.05) is 36.7 Å². The molecule has 2 aromatic carbocycles. The Morgan fingerprint density at radius 3 is 2.34 bits per heavy atom. The van der Waals surface area contributed by atoms with E-state index in [4.69, 9.17) is 11.6 Å². The molecule has 1 atom stereocenters. The maximum Gasteiger partial charge on any atom is 0.242 e. The van der Waals surface area contributed by atoms with Crippen molar-refractivity contribution in [2.45, 2.75) is 52.6 Å². The maximum atomic E-state index is 13.4. The molecule has 0 spiro atoms. The van der Waals surface area contributed by atoms with E-state index in [1.165, 1.54) is 21.3 Å². The third kappa shape index (κ3) is 7.93. The SMILES string of the molecule is CCNC(=O)[C@@H](CC)N(Cc1ccc(F)cc1)C(=O)CCCN(c1cccc(Cl)c1C)S(C)(=O)=O. The number of halogens is 2. The van der Waals surface area contributed by atoms with Crippen molar-refractivity contribution in [1.29, 1.82) is 0 Å². The Hall–Kier alpha value is -2.65. The Balaban J connectivity index is 2.23. The number of hydrogen-bond acceptors (Lipinski definition) is 4. The van der Waals surface area contributed by atoms with Crippen molar-refractivity contribution in [2.24, 2.45) is 0 Å². The first-order chi connectivity index (χ1) is 16.5. The van der Waals surface area contributed by atoms with Gasteiger partial charge in [0.25, 0.3) is 0 Å². The molecule has 0 heterocycles. The highest BCUT2D eigenvalue weighted by Gasteiger charge is 2.28. The second kappa shape index (κ2) is 12.9. The number of benzene rings is 2. The molecule has 2 rings (SSSR count). The van der Waals surface area contributed by atoms with Gasteiger partial charge in [-0.2, -0.15) is 0 Å². The zero-order valence-electron chi connectivity index (χ0n) is 20.6. The molecule has 0 saturated carbocycles. The van der Waals surface area contributed by atoms with Crippen LogP contribution in [0.5, 0.6) is 0 Å². The van der Waals surface area contributed by atoms with E-state index in [0.29, 0.717) is 34.8 Å². The van der Waals surface area contributed by atoms with Gasteiger partial charge < -0.3 is 10.2 Å². The van der Waals surface area contributed by atoms with Crippen LogP contribution >= 0.6 is 11.6 Å². The highest BCUT2D eigenvalue weighted by atomic mass is 35.5. The second-order valence-electron chi connectivity index (χ2n) is 8.29. The predicted molar refractivity (Wildman–Crippen MR) is 137 cm³/mol. The van der Waals surface area contributed by atoms with Crippen molar-refractivity contribution in [1.82, 2.24) is 10.2 Å². The molecule has 0 radical (unpaired) electrons. The number of likely N-dealkylation sites (N-methyl/N-ethyl adjacent to an activating group) is 1. The average molecular weight is 526 g/mol. The smallest absolute Gasteiger partial charge is 0.242 e. The van der Waals surface area contributed by atoms with Gasteiger partial charge in [0.2, 0.25) is 21.8 Å². The van der Waals surface area contributed by atoms with E-state index < -0.39 is 16.1 Å². The van der Waals surface area contributed by atoms with Gasteiger partial charge in [-0.15, -0.1) is 0 Å². The van der Waals surface area contributed by atoms with Gasteiger partial charge in [-0.3, -0.25) is 13.9 Å². The highest BCUT2D eigenvalue weighted by molar-refractivity contribution is 7.92. The molecular formula is C25H33ClFN3O4S. The molecule has 0 saturated heterocycles. The van der Waals surface area contributed by atoms with E-state index in [-0.39, 0.29) is 43.6 Å². The number of nitrogens with zero attached hydrogens (tertiary/aromatic N) is 2. The molecule has 0 aliphatic rings. The third-order valence-electron chi connectivity index (χ3n) is 5.66. The summed E-state index contributed by atoms with van der Waals surface area (Å²) in [7, 11) is -3.62. The lowest BCUT2D eigenvalue weighted by Gasteiger charge is -2.31. The van der Waals surface area contributed by atoms with Gasteiger partial charge >= 0.3 is 0 Å². The third-order valence-corrected chi connectivity index (χ3v) is 7.25. The first kappa shape index (κ1) is 28.6. The molecule has 0 fully saturated rings. The first-order valence-corrected chi connectivity index (χ1v) is 13.8. The number of carbonyl (C=O) groups excluding carboxylic acids is 2. The average Bonchev–Trinajstić information content (AvgIpc) is 2.79. The van der Waals surface area contributed by atoms with E-state index in [1.54, 1.807) is 44.2 Å². The molecule has 10 heteroatoms. The Kier molecular flexibility index (Phi) is 10.5. The maximum absolute atomic E-state index is 13.4. The molecule has 7 nitrogen and oxygen atoms in total. The number of hydrogen-bond donors (Lipinski definition) is 1. The number of amides is 2. The molecule has 0 unspecified atom stereocenters. The molecule has 0 aliphatic heterocycles. The van der Waals surface area contributed by atoms with Gasteiger partial charge in [0, 0.05) is 31.1 Å². The van der Waals surface area contributed by atoms with Crippen molar-refractivity contribution in [3.05, 3.63) is 64.4 Å². The molecule has 35 heavy (non-hydrogen) atoms. The standard InChI is InChI=1S/C25H33ClFN3O4S/c1-5-22(25(32)28-6-2)29(17-19-12-14-20(27)15-13-19)24(31)11-8-16-30(35(4,33)34)23-10-7-9-21(26)18(23)3/h7,9-10,12-15,22H,5-6,8,11,16-17H2,1-4H3,(H,28,32)/t22-/m1/s1. The van der Waals surface area contributed by atoms with Crippen LogP contribution < -0.4 is 9.62 Å². The summed E-state index contributed by atoms with van der Waals surface area (Å²) in [6.07, 6.45) is 1.78. The van der Waals surface area contributed by atoms with Gasteiger partial charge in [0.15, 0.2) is 0 Å². The Morgan fingerprint density at radius 1 is 1.11 bits per heavy atom. The lowest BCUT2D eigenvalue weighted by Crippen LogP contribution is -2.49. The zero-order chi connectivity index (χ0) is 26.2. The molecule has 2 amide bonds. The number of anilines is 1. The van der Waals surface area contributed by atoms with Gasteiger partial charge in [-0.25, -0.2) is 12.8 Å². The Labute approximate surface area is 212 Å². The summed E-state index contributed by atoms with van der Waals surface area (Å²) in [6.45, 7) is 6.00. The normalized spacial score (nSPS) is 12.2. The summed E-state index contributed by atoms with van der Waals surface area (Å²) in [4.78, 5) is 27.4. The monoisotopic (exact) mass is 525 g/mol. The zero-order valence-corrected chi connectivity index (χ0v) is 22.1. The van der Waals surface area contributed by atoms with E-state index in [1.807, 2.05) is 6.92 Å². The number of nitrogens with one attached hydrogen (secondary N) is 1. The largest absolute Gasteiger partial charge is 0.355 e. The van der Waals surface area contributed by atoms with Gasteiger partial charge in [-0.05, 0) is 62.1 Å². The van der Waals surface area contributed by atoms with Crippen molar-refractivity contribution in [2.75, 3.05) is 23.7 Å². The minimum Gasteiger partial charge on any atom is -0.355 e. The molecule has 0 bridgehead atoms. The quantitative estimate of drug-likeness (QED) is 0.448. The molecule has 2 aromatic rings. The number of sulfonamides is 1. The van der Waals surface area contributed by atoms with Crippen LogP contribution in [0.4, 0.5) is 10.1 Å². The summed E-state index contributed by atoms with van der Waals surface area (Å²) >= 11 is 6.18. The Bertz CT molecular complexity index is 1130. The summed E-state index contributed by atoms with van der Waals surface area (Å²) in [5, 5.41) is 3.21. The molecule has 0 aliphatic carbocycles. The topological polar surface area (TPSA) is 86.8 Å². The van der Waals surface area contributed by atoms with E-state index in [0.717, 1.165) is 6.26 Å². The number of carbonyl (C=O) groups is 2. The fraction of sp³-hybridized carbons (Fsp3) is 0.440. The van der Waals surface area contributed by atoms with Crippen molar-refractivity contribution in [3.63, 3.8) is 0 Å². The summed E-state index contributed by atoms with van der Waals surface area (Å²) in [6, 6.07) is 10.1. The fourth-order valence-electron chi connectivity index (χ4n) is 3.85. The van der Waals surface area contributed by atoms with Crippen molar-refractivity contribution >= 4 is 39.1 Å². The predicted octanol–water partition coefficient (Wildman–Crippen LogP) is 4.28. The number of rotatable bonds is 12. The molecular weight excluding hydrogens is 493 g/mol. The summed E-state index contributed by atoms with van der Waals surface area (Å²) in [5.41, 5.74) is 1.78. The van der Waals surface area contributed by atoms with Crippen molar-refractivity contribution < 1.29 is 22.4 Å². The minimum atomic E-state index is -3.62. The van der Waals surface area contributed by atoms with Crippen LogP contribution in [0.15, 0.2) is 42.5 Å². The van der Waals surface area contributed by atoms with Crippen LogP contribution in [-0.2, 0) is 26.2 Å². The van der Waals surface area contributed by atoms with Crippen LogP contribution in [0.3, 0.4) is 0 Å². The summed E-state index contributed by atoms with van der Waals surface area (Å²) in [5.74, 6) is -0.943. The summed E-state index contributed by atoms with van der Waals surface area (Å²) < 4.78 is 39.6.